The monoisotopic (exact) mass is 311 g/mol. The molecule has 2 rings (SSSR count). The Kier molecular flexibility index (Phi) is 4.53. The summed E-state index contributed by atoms with van der Waals surface area (Å²) in [5.74, 6) is 1.09. The number of rotatable bonds is 6. The summed E-state index contributed by atoms with van der Waals surface area (Å²) in [6.07, 6.45) is 0.365. The third-order valence-corrected chi connectivity index (χ3v) is 4.73. The number of nitrogens with one attached hydrogen (secondary N) is 2. The first-order valence-electron chi connectivity index (χ1n) is 6.31. The lowest BCUT2D eigenvalue weighted by molar-refractivity contribution is 0.413. The largest absolute Gasteiger partial charge is 0.497 e. The second-order valence-corrected chi connectivity index (χ2v) is 6.27. The maximum Gasteiger partial charge on any atom is 0.241 e. The van der Waals surface area contributed by atoms with E-state index in [2.05, 4.69) is 25.3 Å². The second kappa shape index (κ2) is 6.19. The van der Waals surface area contributed by atoms with Gasteiger partial charge in [-0.05, 0) is 37.1 Å². The normalized spacial score (nSPS) is 11.6. The molecule has 0 fully saturated rings. The number of benzene rings is 1. The number of aromatic nitrogens is 4. The first-order valence-corrected chi connectivity index (χ1v) is 7.79. The second-order valence-electron chi connectivity index (χ2n) is 4.57. The van der Waals surface area contributed by atoms with Gasteiger partial charge >= 0.3 is 0 Å². The van der Waals surface area contributed by atoms with Crippen LogP contribution in [0.5, 0.6) is 5.75 Å². The van der Waals surface area contributed by atoms with E-state index in [1.807, 2.05) is 0 Å². The molecule has 1 aromatic carbocycles. The number of methoxy groups -OCH3 is 1. The molecule has 21 heavy (non-hydrogen) atoms. The van der Waals surface area contributed by atoms with Crippen molar-refractivity contribution in [2.24, 2.45) is 0 Å². The van der Waals surface area contributed by atoms with E-state index in [-0.39, 0.29) is 11.4 Å². The summed E-state index contributed by atoms with van der Waals surface area (Å²) in [5.41, 5.74) is 1.28. The molecule has 0 radical (unpaired) electrons. The summed E-state index contributed by atoms with van der Waals surface area (Å²) in [4.78, 5) is 0.274. The first kappa shape index (κ1) is 15.4. The van der Waals surface area contributed by atoms with Crippen LogP contribution < -0.4 is 9.46 Å². The van der Waals surface area contributed by atoms with Crippen molar-refractivity contribution in [3.05, 3.63) is 29.1 Å². The van der Waals surface area contributed by atoms with Gasteiger partial charge in [-0.15, -0.1) is 10.2 Å². The van der Waals surface area contributed by atoms with Gasteiger partial charge in [-0.2, -0.15) is 5.21 Å². The van der Waals surface area contributed by atoms with Crippen LogP contribution in [0.1, 0.15) is 17.0 Å². The molecule has 0 amide bonds. The molecule has 1 aromatic heterocycles. The molecule has 2 aromatic rings. The Morgan fingerprint density at radius 2 is 1.95 bits per heavy atom. The summed E-state index contributed by atoms with van der Waals surface area (Å²) in [6.45, 7) is 3.68. The van der Waals surface area contributed by atoms with Crippen molar-refractivity contribution < 1.29 is 13.2 Å². The fourth-order valence-electron chi connectivity index (χ4n) is 2.11. The molecule has 9 heteroatoms. The van der Waals surface area contributed by atoms with Crippen molar-refractivity contribution in [1.82, 2.24) is 25.3 Å². The number of hydrogen-bond donors (Lipinski definition) is 2. The molecular weight excluding hydrogens is 294 g/mol. The molecule has 114 valence electrons. The van der Waals surface area contributed by atoms with Gasteiger partial charge in [0, 0.05) is 13.0 Å². The number of sulfonamides is 1. The Balaban J connectivity index is 2.15. The minimum absolute atomic E-state index is 0.201. The van der Waals surface area contributed by atoms with Crippen LogP contribution in [0.4, 0.5) is 0 Å². The van der Waals surface area contributed by atoms with E-state index < -0.39 is 10.0 Å². The lowest BCUT2D eigenvalue weighted by Gasteiger charge is -2.13. The fourth-order valence-corrected chi connectivity index (χ4v) is 3.59. The van der Waals surface area contributed by atoms with Crippen LogP contribution >= 0.6 is 0 Å². The maximum atomic E-state index is 12.4. The van der Waals surface area contributed by atoms with Crippen molar-refractivity contribution in [3.63, 3.8) is 0 Å². The molecule has 1 heterocycles. The average molecular weight is 311 g/mol. The summed E-state index contributed by atoms with van der Waals surface area (Å²) in [6, 6.07) is 3.39. The van der Waals surface area contributed by atoms with Crippen molar-refractivity contribution in [2.75, 3.05) is 13.7 Å². The topological polar surface area (TPSA) is 110 Å². The molecule has 0 unspecified atom stereocenters. The van der Waals surface area contributed by atoms with Crippen LogP contribution in [0.25, 0.3) is 0 Å². The van der Waals surface area contributed by atoms with Crippen LogP contribution in [-0.2, 0) is 16.4 Å². The van der Waals surface area contributed by atoms with Gasteiger partial charge in [0.2, 0.25) is 10.0 Å². The first-order chi connectivity index (χ1) is 9.94. The Morgan fingerprint density at radius 1 is 1.29 bits per heavy atom. The Bertz CT molecular complexity index is 689. The van der Waals surface area contributed by atoms with Crippen LogP contribution in [0.2, 0.25) is 0 Å². The standard InChI is InChI=1S/C12H17N5O3S/c1-8-6-10(20-3)7-9(2)12(8)21(18,19)13-5-4-11-14-16-17-15-11/h6-7,13H,4-5H2,1-3H3,(H,14,15,16,17). The van der Waals surface area contributed by atoms with Crippen LogP contribution in [0.3, 0.4) is 0 Å². The van der Waals surface area contributed by atoms with Gasteiger partial charge in [-0.25, -0.2) is 13.1 Å². The van der Waals surface area contributed by atoms with Crippen molar-refractivity contribution in [3.8, 4) is 5.75 Å². The highest BCUT2D eigenvalue weighted by atomic mass is 32.2. The maximum absolute atomic E-state index is 12.4. The van der Waals surface area contributed by atoms with Crippen molar-refractivity contribution in [1.29, 1.82) is 0 Å². The molecule has 8 nitrogen and oxygen atoms in total. The van der Waals surface area contributed by atoms with E-state index in [9.17, 15) is 8.42 Å². The molecule has 0 aliphatic rings. The van der Waals surface area contributed by atoms with Gasteiger partial charge in [0.05, 0.1) is 12.0 Å². The highest BCUT2D eigenvalue weighted by molar-refractivity contribution is 7.89. The van der Waals surface area contributed by atoms with Crippen molar-refractivity contribution in [2.45, 2.75) is 25.2 Å². The summed E-state index contributed by atoms with van der Waals surface area (Å²) < 4.78 is 32.4. The van der Waals surface area contributed by atoms with Gasteiger partial charge in [0.25, 0.3) is 0 Å². The Hall–Kier alpha value is -2.00. The third-order valence-electron chi connectivity index (χ3n) is 2.97. The molecule has 0 aliphatic carbocycles. The van der Waals surface area contributed by atoms with E-state index in [0.29, 0.717) is 29.1 Å². The zero-order chi connectivity index (χ0) is 15.5. The van der Waals surface area contributed by atoms with E-state index in [0.717, 1.165) is 0 Å². The molecule has 2 N–H and O–H groups in total. The molecule has 0 bridgehead atoms. The number of nitrogens with zero attached hydrogens (tertiary/aromatic N) is 3. The number of aryl methyl sites for hydroxylation is 2. The number of hydrogen-bond acceptors (Lipinski definition) is 6. The summed E-state index contributed by atoms with van der Waals surface area (Å²) >= 11 is 0. The minimum atomic E-state index is -3.59. The van der Waals surface area contributed by atoms with Crippen molar-refractivity contribution >= 4 is 10.0 Å². The quantitative estimate of drug-likeness (QED) is 0.796. The predicted octanol–water partition coefficient (Wildman–Crippen LogP) is 0.346. The van der Waals surface area contributed by atoms with E-state index in [1.54, 1.807) is 33.1 Å². The smallest absolute Gasteiger partial charge is 0.241 e. The number of aromatic amines is 1. The molecule has 0 aliphatic heterocycles. The third kappa shape index (κ3) is 3.56. The highest BCUT2D eigenvalue weighted by Crippen LogP contribution is 2.25. The van der Waals surface area contributed by atoms with Gasteiger partial charge in [0.15, 0.2) is 5.82 Å². The lowest BCUT2D eigenvalue weighted by Crippen LogP contribution is -2.27. The molecule has 0 saturated heterocycles. The zero-order valence-electron chi connectivity index (χ0n) is 12.0. The number of ether oxygens (including phenoxy) is 1. The highest BCUT2D eigenvalue weighted by Gasteiger charge is 2.20. The van der Waals surface area contributed by atoms with E-state index >= 15 is 0 Å². The predicted molar refractivity (Wildman–Crippen MR) is 75.5 cm³/mol. The van der Waals surface area contributed by atoms with Crippen LogP contribution in [0.15, 0.2) is 17.0 Å². The van der Waals surface area contributed by atoms with Gasteiger partial charge in [0.1, 0.15) is 5.75 Å². The number of tetrazole rings is 1. The summed E-state index contributed by atoms with van der Waals surface area (Å²) in [7, 11) is -2.04. The van der Waals surface area contributed by atoms with Gasteiger partial charge < -0.3 is 4.74 Å². The SMILES string of the molecule is COc1cc(C)c(S(=O)(=O)NCCc2nn[nH]n2)c(C)c1. The Morgan fingerprint density at radius 3 is 2.48 bits per heavy atom. The molecular formula is C12H17N5O3S. The van der Waals surface area contributed by atoms with Crippen LogP contribution in [-0.4, -0.2) is 42.7 Å². The molecule has 0 spiro atoms. The molecule has 0 atom stereocenters. The number of H-pyrrole nitrogens is 1. The lowest BCUT2D eigenvalue weighted by atomic mass is 10.1. The average Bonchev–Trinajstić information content (AvgIpc) is 2.90. The molecule has 0 saturated carbocycles. The van der Waals surface area contributed by atoms with Gasteiger partial charge in [-0.1, -0.05) is 5.21 Å². The fraction of sp³-hybridized carbons (Fsp3) is 0.417. The van der Waals surface area contributed by atoms with Gasteiger partial charge in [-0.3, -0.25) is 0 Å². The van der Waals surface area contributed by atoms with E-state index in [4.69, 9.17) is 4.74 Å². The van der Waals surface area contributed by atoms with Crippen LogP contribution in [0, 0.1) is 13.8 Å². The zero-order valence-corrected chi connectivity index (χ0v) is 12.9. The van der Waals surface area contributed by atoms with E-state index in [1.165, 1.54) is 0 Å². The summed E-state index contributed by atoms with van der Waals surface area (Å²) in [5, 5.41) is 13.3. The Labute approximate surface area is 123 Å². The minimum Gasteiger partial charge on any atom is -0.497 e.